The molecular formula is C13H15NO2. The molecule has 1 aliphatic heterocycles. The molecule has 2 rings (SSSR count). The first-order valence-electron chi connectivity index (χ1n) is 5.47. The summed E-state index contributed by atoms with van der Waals surface area (Å²) < 4.78 is 5.35. The Balaban J connectivity index is 2.34. The molecule has 16 heavy (non-hydrogen) atoms. The Labute approximate surface area is 95.2 Å². The summed E-state index contributed by atoms with van der Waals surface area (Å²) >= 11 is 0. The van der Waals surface area contributed by atoms with Gasteiger partial charge in [0.05, 0.1) is 5.71 Å². The zero-order valence-corrected chi connectivity index (χ0v) is 9.51. The van der Waals surface area contributed by atoms with Gasteiger partial charge in [-0.3, -0.25) is 9.79 Å². The molecule has 0 saturated heterocycles. The Morgan fingerprint density at radius 1 is 1.31 bits per heavy atom. The van der Waals surface area contributed by atoms with Crippen LogP contribution < -0.4 is 0 Å². The van der Waals surface area contributed by atoms with E-state index in [0.29, 0.717) is 0 Å². The predicted molar refractivity (Wildman–Crippen MR) is 62.6 cm³/mol. The van der Waals surface area contributed by atoms with Crippen molar-refractivity contribution < 1.29 is 9.53 Å². The summed E-state index contributed by atoms with van der Waals surface area (Å²) in [6, 6.07) is 9.88. The van der Waals surface area contributed by atoms with Gasteiger partial charge in [0.1, 0.15) is 12.6 Å². The first kappa shape index (κ1) is 10.9. The Morgan fingerprint density at radius 3 is 2.62 bits per heavy atom. The van der Waals surface area contributed by atoms with Crippen molar-refractivity contribution in [1.82, 2.24) is 0 Å². The summed E-state index contributed by atoms with van der Waals surface area (Å²) in [7, 11) is 0. The summed E-state index contributed by atoms with van der Waals surface area (Å²) in [5.74, 6) is 0.00147. The average Bonchev–Trinajstić information content (AvgIpc) is 2.30. The van der Waals surface area contributed by atoms with E-state index in [2.05, 4.69) is 4.99 Å². The summed E-state index contributed by atoms with van der Waals surface area (Å²) in [6.45, 7) is 4.19. The minimum atomic E-state index is -0.238. The Kier molecular flexibility index (Phi) is 3.04. The monoisotopic (exact) mass is 217 g/mol. The zero-order chi connectivity index (χ0) is 11.5. The molecule has 3 heteroatoms. The summed E-state index contributed by atoms with van der Waals surface area (Å²) in [4.78, 5) is 15.6. The number of benzene rings is 1. The van der Waals surface area contributed by atoms with E-state index in [9.17, 15) is 4.79 Å². The highest BCUT2D eigenvalue weighted by molar-refractivity contribution is 6.06. The van der Waals surface area contributed by atoms with E-state index in [-0.39, 0.29) is 24.5 Å². The van der Waals surface area contributed by atoms with Crippen LogP contribution in [-0.2, 0) is 9.53 Å². The molecule has 1 heterocycles. The van der Waals surface area contributed by atoms with Gasteiger partial charge in [-0.15, -0.1) is 0 Å². The maximum Gasteiger partial charge on any atom is 0.328 e. The topological polar surface area (TPSA) is 38.7 Å². The quantitative estimate of drug-likeness (QED) is 0.711. The van der Waals surface area contributed by atoms with E-state index in [1.165, 1.54) is 0 Å². The second-order valence-electron chi connectivity index (χ2n) is 4.22. The summed E-state index contributed by atoms with van der Waals surface area (Å²) in [6.07, 6.45) is -0.219. The lowest BCUT2D eigenvalue weighted by Crippen LogP contribution is -2.37. The number of hydrogen-bond donors (Lipinski definition) is 0. The lowest BCUT2D eigenvalue weighted by molar-refractivity contribution is -0.146. The number of nitrogens with zero attached hydrogens (tertiary/aromatic N) is 1. The number of cyclic esters (lactones) is 1. The third-order valence-corrected chi connectivity index (χ3v) is 2.58. The maximum atomic E-state index is 11.2. The van der Waals surface area contributed by atoms with Gasteiger partial charge in [-0.05, 0) is 11.5 Å². The molecule has 0 amide bonds. The van der Waals surface area contributed by atoms with E-state index in [1.54, 1.807) is 0 Å². The van der Waals surface area contributed by atoms with E-state index < -0.39 is 0 Å². The van der Waals surface area contributed by atoms with E-state index in [1.807, 2.05) is 44.2 Å². The number of hydrogen-bond acceptors (Lipinski definition) is 3. The summed E-state index contributed by atoms with van der Waals surface area (Å²) in [5.41, 5.74) is 1.92. The van der Waals surface area contributed by atoms with Crippen molar-refractivity contribution in [2.75, 3.05) is 6.54 Å². The van der Waals surface area contributed by atoms with Crippen molar-refractivity contribution in [2.45, 2.75) is 20.0 Å². The molecule has 0 aromatic heterocycles. The molecule has 1 unspecified atom stereocenters. The van der Waals surface area contributed by atoms with Gasteiger partial charge < -0.3 is 4.74 Å². The number of aliphatic imine (C=N–C) groups is 1. The molecular weight excluding hydrogens is 202 g/mol. The molecule has 84 valence electrons. The van der Waals surface area contributed by atoms with Crippen LogP contribution >= 0.6 is 0 Å². The van der Waals surface area contributed by atoms with Gasteiger partial charge in [0.2, 0.25) is 0 Å². The Morgan fingerprint density at radius 2 is 2.00 bits per heavy atom. The van der Waals surface area contributed by atoms with Crippen molar-refractivity contribution in [1.29, 1.82) is 0 Å². The maximum absolute atomic E-state index is 11.2. The fourth-order valence-electron chi connectivity index (χ4n) is 1.79. The third kappa shape index (κ3) is 2.13. The van der Waals surface area contributed by atoms with Crippen LogP contribution in [0.25, 0.3) is 0 Å². The van der Waals surface area contributed by atoms with Crippen molar-refractivity contribution in [2.24, 2.45) is 10.9 Å². The molecule has 0 saturated carbocycles. The lowest BCUT2D eigenvalue weighted by Gasteiger charge is -2.26. The van der Waals surface area contributed by atoms with Crippen LogP contribution in [0.3, 0.4) is 0 Å². The van der Waals surface area contributed by atoms with Crippen molar-refractivity contribution in [3.05, 3.63) is 35.9 Å². The number of carbonyl (C=O) groups excluding carboxylic acids is 1. The van der Waals surface area contributed by atoms with Crippen LogP contribution in [-0.4, -0.2) is 24.3 Å². The minimum absolute atomic E-state index is 0.132. The van der Waals surface area contributed by atoms with Crippen LogP contribution in [0.15, 0.2) is 35.3 Å². The Hall–Kier alpha value is -1.64. The smallest absolute Gasteiger partial charge is 0.328 e. The molecule has 0 spiro atoms. The molecule has 1 atom stereocenters. The van der Waals surface area contributed by atoms with Gasteiger partial charge in [0.15, 0.2) is 0 Å². The number of ether oxygens (including phenoxy) is 1. The highest BCUT2D eigenvalue weighted by Crippen LogP contribution is 2.18. The van der Waals surface area contributed by atoms with Gasteiger partial charge in [-0.2, -0.15) is 0 Å². The van der Waals surface area contributed by atoms with Crippen molar-refractivity contribution in [3.8, 4) is 0 Å². The number of esters is 1. The summed E-state index contributed by atoms with van der Waals surface area (Å²) in [5, 5.41) is 0. The molecule has 0 bridgehead atoms. The van der Waals surface area contributed by atoms with Crippen LogP contribution in [0, 0.1) is 5.92 Å². The highest BCUT2D eigenvalue weighted by Gasteiger charge is 2.28. The van der Waals surface area contributed by atoms with Gasteiger partial charge in [-0.1, -0.05) is 44.2 Å². The van der Waals surface area contributed by atoms with E-state index >= 15 is 0 Å². The van der Waals surface area contributed by atoms with Gasteiger partial charge in [-0.25, -0.2) is 0 Å². The molecule has 0 N–H and O–H groups in total. The normalized spacial score (nSPS) is 20.6. The first-order chi connectivity index (χ1) is 7.68. The molecule has 3 nitrogen and oxygen atoms in total. The largest absolute Gasteiger partial charge is 0.454 e. The fraction of sp³-hybridized carbons (Fsp3) is 0.385. The van der Waals surface area contributed by atoms with Gasteiger partial charge in [0, 0.05) is 0 Å². The van der Waals surface area contributed by atoms with Crippen LogP contribution in [0.1, 0.15) is 19.4 Å². The molecule has 0 fully saturated rings. The second kappa shape index (κ2) is 4.47. The fourth-order valence-corrected chi connectivity index (χ4v) is 1.79. The first-order valence-corrected chi connectivity index (χ1v) is 5.47. The Bertz CT molecular complexity index is 409. The van der Waals surface area contributed by atoms with E-state index in [0.717, 1.165) is 11.3 Å². The number of carbonyl (C=O) groups is 1. The van der Waals surface area contributed by atoms with Crippen LogP contribution in [0.4, 0.5) is 0 Å². The molecule has 1 aromatic carbocycles. The SMILES string of the molecule is CC(C)C1OC(=O)CN=C1c1ccccc1. The minimum Gasteiger partial charge on any atom is -0.454 e. The lowest BCUT2D eigenvalue weighted by atomic mass is 9.96. The standard InChI is InChI=1S/C13H15NO2/c1-9(2)13-12(14-8-11(15)16-13)10-6-4-3-5-7-10/h3-7,9,13H,8H2,1-2H3. The highest BCUT2D eigenvalue weighted by atomic mass is 16.5. The number of rotatable bonds is 2. The van der Waals surface area contributed by atoms with Crippen molar-refractivity contribution in [3.63, 3.8) is 0 Å². The van der Waals surface area contributed by atoms with Crippen LogP contribution in [0.2, 0.25) is 0 Å². The molecule has 0 radical (unpaired) electrons. The average molecular weight is 217 g/mol. The van der Waals surface area contributed by atoms with Gasteiger partial charge >= 0.3 is 5.97 Å². The molecule has 1 aromatic rings. The predicted octanol–water partition coefficient (Wildman–Crippen LogP) is 2.06. The van der Waals surface area contributed by atoms with E-state index in [4.69, 9.17) is 4.74 Å². The van der Waals surface area contributed by atoms with Gasteiger partial charge in [0.25, 0.3) is 0 Å². The zero-order valence-electron chi connectivity index (χ0n) is 9.51. The second-order valence-corrected chi connectivity index (χ2v) is 4.22. The van der Waals surface area contributed by atoms with Crippen molar-refractivity contribution >= 4 is 11.7 Å². The molecule has 1 aliphatic rings. The third-order valence-electron chi connectivity index (χ3n) is 2.58. The molecule has 0 aliphatic carbocycles. The van der Waals surface area contributed by atoms with Crippen LogP contribution in [0.5, 0.6) is 0 Å².